The van der Waals surface area contributed by atoms with Gasteiger partial charge in [-0.1, -0.05) is 30.3 Å². The summed E-state index contributed by atoms with van der Waals surface area (Å²) in [5, 5.41) is 3.59. The quantitative estimate of drug-likeness (QED) is 0.863. The van der Waals surface area contributed by atoms with Gasteiger partial charge in [-0.05, 0) is 19.4 Å². The molecule has 3 heteroatoms. The average molecular weight is 248 g/mol. The van der Waals surface area contributed by atoms with E-state index in [0.717, 1.165) is 32.8 Å². The molecule has 0 aromatic heterocycles. The molecule has 1 aliphatic heterocycles. The molecule has 0 amide bonds. The molecule has 1 heterocycles. The minimum absolute atomic E-state index is 0.324. The van der Waals surface area contributed by atoms with Gasteiger partial charge in [-0.2, -0.15) is 0 Å². The third-order valence-corrected chi connectivity index (χ3v) is 3.43. The molecule has 2 atom stereocenters. The SMILES string of the molecule is CCOC(C)CN1CCNC(c2ccccc2)C1. The number of hydrogen-bond acceptors (Lipinski definition) is 3. The van der Waals surface area contributed by atoms with Crippen molar-refractivity contribution in [2.24, 2.45) is 0 Å². The van der Waals surface area contributed by atoms with Crippen LogP contribution in [0.3, 0.4) is 0 Å². The van der Waals surface area contributed by atoms with Crippen LogP contribution in [0.2, 0.25) is 0 Å². The fourth-order valence-corrected chi connectivity index (χ4v) is 2.59. The van der Waals surface area contributed by atoms with Crippen LogP contribution in [0.4, 0.5) is 0 Å². The van der Waals surface area contributed by atoms with E-state index in [4.69, 9.17) is 4.74 Å². The van der Waals surface area contributed by atoms with Gasteiger partial charge >= 0.3 is 0 Å². The normalized spacial score (nSPS) is 22.9. The lowest BCUT2D eigenvalue weighted by molar-refractivity contribution is 0.0378. The minimum Gasteiger partial charge on any atom is -0.377 e. The third kappa shape index (κ3) is 3.80. The lowest BCUT2D eigenvalue weighted by Crippen LogP contribution is -2.48. The number of rotatable bonds is 5. The van der Waals surface area contributed by atoms with E-state index in [-0.39, 0.29) is 0 Å². The first kappa shape index (κ1) is 13.5. The number of nitrogens with zero attached hydrogens (tertiary/aromatic N) is 1. The lowest BCUT2D eigenvalue weighted by atomic mass is 10.0. The second-order valence-corrected chi connectivity index (χ2v) is 4.94. The van der Waals surface area contributed by atoms with Crippen molar-refractivity contribution in [1.82, 2.24) is 10.2 Å². The zero-order valence-electron chi connectivity index (χ0n) is 11.4. The summed E-state index contributed by atoms with van der Waals surface area (Å²) < 4.78 is 5.62. The minimum atomic E-state index is 0.324. The average Bonchev–Trinajstić information content (AvgIpc) is 2.40. The van der Waals surface area contributed by atoms with Crippen LogP contribution in [0, 0.1) is 0 Å². The lowest BCUT2D eigenvalue weighted by Gasteiger charge is -2.35. The highest BCUT2D eigenvalue weighted by molar-refractivity contribution is 5.19. The smallest absolute Gasteiger partial charge is 0.0673 e. The summed E-state index contributed by atoms with van der Waals surface area (Å²) in [6.45, 7) is 9.28. The van der Waals surface area contributed by atoms with E-state index >= 15 is 0 Å². The van der Waals surface area contributed by atoms with Gasteiger partial charge in [0.2, 0.25) is 0 Å². The molecule has 1 N–H and O–H groups in total. The van der Waals surface area contributed by atoms with Crippen molar-refractivity contribution in [2.45, 2.75) is 26.0 Å². The first-order valence-electron chi connectivity index (χ1n) is 6.92. The molecule has 3 nitrogen and oxygen atoms in total. The van der Waals surface area contributed by atoms with Gasteiger partial charge in [-0.25, -0.2) is 0 Å². The predicted molar refractivity (Wildman–Crippen MR) is 74.7 cm³/mol. The van der Waals surface area contributed by atoms with Crippen molar-refractivity contribution in [3.05, 3.63) is 35.9 Å². The van der Waals surface area contributed by atoms with Crippen LogP contribution >= 0.6 is 0 Å². The summed E-state index contributed by atoms with van der Waals surface area (Å²) in [6, 6.07) is 11.1. The summed E-state index contributed by atoms with van der Waals surface area (Å²) >= 11 is 0. The maximum absolute atomic E-state index is 5.62. The van der Waals surface area contributed by atoms with E-state index < -0.39 is 0 Å². The predicted octanol–water partition coefficient (Wildman–Crippen LogP) is 2.06. The number of piperazine rings is 1. The first-order valence-corrected chi connectivity index (χ1v) is 6.92. The highest BCUT2D eigenvalue weighted by Gasteiger charge is 2.21. The molecule has 1 aromatic rings. The third-order valence-electron chi connectivity index (χ3n) is 3.43. The summed E-state index contributed by atoms with van der Waals surface area (Å²) in [4.78, 5) is 2.49. The maximum atomic E-state index is 5.62. The molecule has 0 radical (unpaired) electrons. The molecule has 1 aliphatic rings. The van der Waals surface area contributed by atoms with E-state index in [1.54, 1.807) is 0 Å². The molecule has 1 saturated heterocycles. The molecule has 0 spiro atoms. The topological polar surface area (TPSA) is 24.5 Å². The van der Waals surface area contributed by atoms with Gasteiger partial charge in [0.1, 0.15) is 0 Å². The Labute approximate surface area is 110 Å². The number of ether oxygens (including phenoxy) is 1. The summed E-state index contributed by atoms with van der Waals surface area (Å²) in [6.07, 6.45) is 0.324. The fourth-order valence-electron chi connectivity index (χ4n) is 2.59. The van der Waals surface area contributed by atoms with Crippen LogP contribution in [0.15, 0.2) is 30.3 Å². The van der Waals surface area contributed by atoms with Gasteiger partial charge in [0.25, 0.3) is 0 Å². The Hall–Kier alpha value is -0.900. The Morgan fingerprint density at radius 1 is 1.39 bits per heavy atom. The molecule has 1 fully saturated rings. The van der Waals surface area contributed by atoms with Gasteiger partial charge in [-0.15, -0.1) is 0 Å². The molecule has 0 saturated carbocycles. The van der Waals surface area contributed by atoms with Gasteiger partial charge < -0.3 is 10.1 Å². The van der Waals surface area contributed by atoms with Crippen molar-refractivity contribution < 1.29 is 4.74 Å². The van der Waals surface area contributed by atoms with Crippen LogP contribution in [0.25, 0.3) is 0 Å². The van der Waals surface area contributed by atoms with E-state index in [1.165, 1.54) is 5.56 Å². The molecular formula is C15H24N2O. The molecule has 0 bridgehead atoms. The molecular weight excluding hydrogens is 224 g/mol. The molecule has 0 aliphatic carbocycles. The van der Waals surface area contributed by atoms with Crippen molar-refractivity contribution in [2.75, 3.05) is 32.8 Å². The molecule has 2 unspecified atom stereocenters. The van der Waals surface area contributed by atoms with E-state index in [9.17, 15) is 0 Å². The van der Waals surface area contributed by atoms with Crippen molar-refractivity contribution >= 4 is 0 Å². The van der Waals surface area contributed by atoms with Crippen LogP contribution in [-0.4, -0.2) is 43.8 Å². The second kappa shape index (κ2) is 6.88. The van der Waals surface area contributed by atoms with Crippen LogP contribution < -0.4 is 5.32 Å². The summed E-state index contributed by atoms with van der Waals surface area (Å²) in [5.74, 6) is 0. The maximum Gasteiger partial charge on any atom is 0.0673 e. The Kier molecular flexibility index (Phi) is 5.17. The second-order valence-electron chi connectivity index (χ2n) is 4.94. The molecule has 18 heavy (non-hydrogen) atoms. The van der Waals surface area contributed by atoms with Crippen LogP contribution in [0.1, 0.15) is 25.5 Å². The fraction of sp³-hybridized carbons (Fsp3) is 0.600. The zero-order chi connectivity index (χ0) is 12.8. The van der Waals surface area contributed by atoms with Crippen LogP contribution in [0.5, 0.6) is 0 Å². The first-order chi connectivity index (χ1) is 8.79. The highest BCUT2D eigenvalue weighted by Crippen LogP contribution is 2.17. The van der Waals surface area contributed by atoms with Crippen LogP contribution in [-0.2, 0) is 4.74 Å². The molecule has 1 aromatic carbocycles. The van der Waals surface area contributed by atoms with E-state index in [2.05, 4.69) is 54.4 Å². The molecule has 2 rings (SSSR count). The van der Waals surface area contributed by atoms with Gasteiger partial charge in [0.15, 0.2) is 0 Å². The standard InChI is InChI=1S/C15H24N2O/c1-3-18-13(2)11-17-10-9-16-15(12-17)14-7-5-4-6-8-14/h4-8,13,15-16H,3,9-12H2,1-2H3. The largest absolute Gasteiger partial charge is 0.377 e. The Bertz CT molecular complexity index is 342. The van der Waals surface area contributed by atoms with E-state index in [1.807, 2.05) is 0 Å². The van der Waals surface area contributed by atoms with Gasteiger partial charge in [-0.3, -0.25) is 4.90 Å². The Morgan fingerprint density at radius 3 is 2.89 bits per heavy atom. The molecule has 100 valence electrons. The van der Waals surface area contributed by atoms with Gasteiger partial charge in [0.05, 0.1) is 6.10 Å². The number of benzene rings is 1. The number of nitrogens with one attached hydrogen (secondary N) is 1. The summed E-state index contributed by atoms with van der Waals surface area (Å²) in [5.41, 5.74) is 1.38. The van der Waals surface area contributed by atoms with Crippen molar-refractivity contribution in [3.63, 3.8) is 0 Å². The summed E-state index contributed by atoms with van der Waals surface area (Å²) in [7, 11) is 0. The van der Waals surface area contributed by atoms with Gasteiger partial charge in [0, 0.05) is 38.8 Å². The highest BCUT2D eigenvalue weighted by atomic mass is 16.5. The van der Waals surface area contributed by atoms with Crippen molar-refractivity contribution in [1.29, 1.82) is 0 Å². The van der Waals surface area contributed by atoms with E-state index in [0.29, 0.717) is 12.1 Å². The zero-order valence-corrected chi connectivity index (χ0v) is 11.4. The monoisotopic (exact) mass is 248 g/mol. The number of hydrogen-bond donors (Lipinski definition) is 1. The Balaban J connectivity index is 1.89. The Morgan fingerprint density at radius 2 is 2.17 bits per heavy atom. The van der Waals surface area contributed by atoms with Crippen molar-refractivity contribution in [3.8, 4) is 0 Å².